The van der Waals surface area contributed by atoms with Crippen molar-refractivity contribution in [2.24, 2.45) is 0 Å². The third-order valence-corrected chi connectivity index (χ3v) is 1.14. The smallest absolute Gasteiger partial charge is 0.123 e. The van der Waals surface area contributed by atoms with Gasteiger partial charge in [-0.05, 0) is 0 Å². The maximum absolute atomic E-state index is 8.66. The SMILES string of the molecule is C=COC(CO)CCOC. The standard InChI is InChI=1S/C7H14O3/c1-3-10-7(6-8)4-5-9-2/h3,7-8H,1,4-6H2,2H3. The molecule has 0 aliphatic heterocycles. The summed E-state index contributed by atoms with van der Waals surface area (Å²) < 4.78 is 9.72. The van der Waals surface area contributed by atoms with Crippen LogP contribution in [0.2, 0.25) is 0 Å². The highest BCUT2D eigenvalue weighted by Crippen LogP contribution is 1.97. The van der Waals surface area contributed by atoms with Gasteiger partial charge in [-0.2, -0.15) is 0 Å². The van der Waals surface area contributed by atoms with Gasteiger partial charge in [0.2, 0.25) is 0 Å². The molecule has 0 saturated carbocycles. The highest BCUT2D eigenvalue weighted by atomic mass is 16.5. The molecule has 10 heavy (non-hydrogen) atoms. The van der Waals surface area contributed by atoms with Crippen molar-refractivity contribution in [2.45, 2.75) is 12.5 Å². The van der Waals surface area contributed by atoms with E-state index in [1.165, 1.54) is 6.26 Å². The summed E-state index contributed by atoms with van der Waals surface area (Å²) in [6.45, 7) is 3.99. The second-order valence-corrected chi connectivity index (χ2v) is 1.89. The highest BCUT2D eigenvalue weighted by Gasteiger charge is 2.04. The van der Waals surface area contributed by atoms with E-state index < -0.39 is 0 Å². The van der Waals surface area contributed by atoms with Crippen molar-refractivity contribution >= 4 is 0 Å². The molecule has 0 aromatic carbocycles. The molecule has 3 heteroatoms. The summed E-state index contributed by atoms with van der Waals surface area (Å²) >= 11 is 0. The van der Waals surface area contributed by atoms with Crippen molar-refractivity contribution < 1.29 is 14.6 Å². The number of hydrogen-bond acceptors (Lipinski definition) is 3. The molecule has 3 nitrogen and oxygen atoms in total. The molecule has 0 aliphatic carbocycles. The second-order valence-electron chi connectivity index (χ2n) is 1.89. The van der Waals surface area contributed by atoms with Crippen LogP contribution in [0.3, 0.4) is 0 Å². The van der Waals surface area contributed by atoms with Crippen LogP contribution < -0.4 is 0 Å². The molecule has 1 N–H and O–H groups in total. The van der Waals surface area contributed by atoms with Crippen LogP contribution in [0.25, 0.3) is 0 Å². The highest BCUT2D eigenvalue weighted by molar-refractivity contribution is 4.60. The Bertz CT molecular complexity index is 82.9. The Morgan fingerprint density at radius 1 is 1.70 bits per heavy atom. The maximum Gasteiger partial charge on any atom is 0.123 e. The Kier molecular flexibility index (Phi) is 6.22. The number of aliphatic hydroxyl groups excluding tert-OH is 1. The fourth-order valence-electron chi connectivity index (χ4n) is 0.588. The van der Waals surface area contributed by atoms with Gasteiger partial charge in [0.15, 0.2) is 0 Å². The van der Waals surface area contributed by atoms with E-state index in [1.807, 2.05) is 0 Å². The quantitative estimate of drug-likeness (QED) is 0.556. The molecule has 0 fully saturated rings. The number of hydrogen-bond donors (Lipinski definition) is 1. The van der Waals surface area contributed by atoms with Gasteiger partial charge in [0.05, 0.1) is 12.9 Å². The summed E-state index contributed by atoms with van der Waals surface area (Å²) in [5, 5.41) is 8.66. The zero-order chi connectivity index (χ0) is 7.82. The molecule has 0 aliphatic rings. The Balaban J connectivity index is 3.29. The van der Waals surface area contributed by atoms with Gasteiger partial charge in [0.25, 0.3) is 0 Å². The van der Waals surface area contributed by atoms with E-state index in [4.69, 9.17) is 14.6 Å². The van der Waals surface area contributed by atoms with Gasteiger partial charge in [-0.1, -0.05) is 6.58 Å². The van der Waals surface area contributed by atoms with E-state index in [2.05, 4.69) is 6.58 Å². The van der Waals surface area contributed by atoms with E-state index in [-0.39, 0.29) is 12.7 Å². The van der Waals surface area contributed by atoms with Crippen LogP contribution in [0.1, 0.15) is 6.42 Å². The molecule has 0 amide bonds. The topological polar surface area (TPSA) is 38.7 Å². The molecule has 0 heterocycles. The van der Waals surface area contributed by atoms with Crippen LogP contribution in [0.15, 0.2) is 12.8 Å². The van der Waals surface area contributed by atoms with Gasteiger partial charge >= 0.3 is 0 Å². The monoisotopic (exact) mass is 146 g/mol. The fourth-order valence-corrected chi connectivity index (χ4v) is 0.588. The van der Waals surface area contributed by atoms with Crippen LogP contribution in [0.4, 0.5) is 0 Å². The fraction of sp³-hybridized carbons (Fsp3) is 0.714. The average molecular weight is 146 g/mol. The van der Waals surface area contributed by atoms with Crippen molar-refractivity contribution in [1.82, 2.24) is 0 Å². The minimum Gasteiger partial charge on any atom is -0.496 e. The third kappa shape index (κ3) is 4.35. The molecule has 0 saturated heterocycles. The first-order valence-electron chi connectivity index (χ1n) is 3.21. The van der Waals surface area contributed by atoms with E-state index >= 15 is 0 Å². The first-order chi connectivity index (χ1) is 4.85. The van der Waals surface area contributed by atoms with Crippen molar-refractivity contribution in [1.29, 1.82) is 0 Å². The molecule has 0 spiro atoms. The van der Waals surface area contributed by atoms with Crippen molar-refractivity contribution in [2.75, 3.05) is 20.3 Å². The molecular weight excluding hydrogens is 132 g/mol. The zero-order valence-corrected chi connectivity index (χ0v) is 6.25. The number of rotatable bonds is 6. The summed E-state index contributed by atoms with van der Waals surface area (Å²) in [5.41, 5.74) is 0. The number of aliphatic hydroxyl groups is 1. The lowest BCUT2D eigenvalue weighted by Crippen LogP contribution is -2.16. The first-order valence-corrected chi connectivity index (χ1v) is 3.21. The zero-order valence-electron chi connectivity index (χ0n) is 6.25. The van der Waals surface area contributed by atoms with Gasteiger partial charge in [-0.15, -0.1) is 0 Å². The van der Waals surface area contributed by atoms with Gasteiger partial charge in [-0.25, -0.2) is 0 Å². The molecule has 0 bridgehead atoms. The van der Waals surface area contributed by atoms with Crippen molar-refractivity contribution in [3.63, 3.8) is 0 Å². The predicted molar refractivity (Wildman–Crippen MR) is 38.6 cm³/mol. The van der Waals surface area contributed by atoms with E-state index in [1.54, 1.807) is 7.11 Å². The van der Waals surface area contributed by atoms with Gasteiger partial charge in [0, 0.05) is 20.1 Å². The summed E-state index contributed by atoms with van der Waals surface area (Å²) in [4.78, 5) is 0. The summed E-state index contributed by atoms with van der Waals surface area (Å²) in [6, 6.07) is 0. The minimum absolute atomic E-state index is 0.00931. The van der Waals surface area contributed by atoms with Gasteiger partial charge < -0.3 is 14.6 Å². The molecular formula is C7H14O3. The van der Waals surface area contributed by atoms with Gasteiger partial charge in [-0.3, -0.25) is 0 Å². The molecule has 0 rings (SSSR count). The van der Waals surface area contributed by atoms with Crippen LogP contribution in [0.5, 0.6) is 0 Å². The first kappa shape index (κ1) is 9.46. The maximum atomic E-state index is 8.66. The Morgan fingerprint density at radius 3 is 2.80 bits per heavy atom. The van der Waals surface area contributed by atoms with Crippen molar-refractivity contribution in [3.8, 4) is 0 Å². The Morgan fingerprint density at radius 2 is 2.40 bits per heavy atom. The van der Waals surface area contributed by atoms with Crippen LogP contribution in [-0.4, -0.2) is 31.5 Å². The van der Waals surface area contributed by atoms with E-state index in [0.29, 0.717) is 13.0 Å². The largest absolute Gasteiger partial charge is 0.496 e. The summed E-state index contributed by atoms with van der Waals surface area (Å²) in [5.74, 6) is 0. The van der Waals surface area contributed by atoms with E-state index in [0.717, 1.165) is 0 Å². The molecule has 0 radical (unpaired) electrons. The third-order valence-electron chi connectivity index (χ3n) is 1.14. The lowest BCUT2D eigenvalue weighted by atomic mass is 10.3. The lowest BCUT2D eigenvalue weighted by molar-refractivity contribution is 0.0492. The molecule has 1 atom stereocenters. The normalized spacial score (nSPS) is 12.6. The van der Waals surface area contributed by atoms with Crippen LogP contribution in [-0.2, 0) is 9.47 Å². The Labute approximate surface area is 61.3 Å². The predicted octanol–water partition coefficient (Wildman–Crippen LogP) is 0.544. The lowest BCUT2D eigenvalue weighted by Gasteiger charge is -2.11. The molecule has 1 unspecified atom stereocenters. The van der Waals surface area contributed by atoms with Crippen molar-refractivity contribution in [3.05, 3.63) is 12.8 Å². The van der Waals surface area contributed by atoms with Crippen LogP contribution >= 0.6 is 0 Å². The second kappa shape index (κ2) is 6.58. The summed E-state index contributed by atoms with van der Waals surface area (Å²) in [7, 11) is 1.61. The number of ether oxygens (including phenoxy) is 2. The minimum atomic E-state index is -0.169. The Hall–Kier alpha value is -0.540. The summed E-state index contributed by atoms with van der Waals surface area (Å²) in [6.07, 6.45) is 1.85. The van der Waals surface area contributed by atoms with Gasteiger partial charge in [0.1, 0.15) is 6.10 Å². The number of methoxy groups -OCH3 is 1. The molecule has 0 aromatic rings. The van der Waals surface area contributed by atoms with E-state index in [9.17, 15) is 0 Å². The average Bonchev–Trinajstić information content (AvgIpc) is 1.98. The van der Waals surface area contributed by atoms with Crippen LogP contribution in [0, 0.1) is 0 Å². The molecule has 60 valence electrons. The molecule has 0 aromatic heterocycles.